The van der Waals surface area contributed by atoms with E-state index in [1.807, 2.05) is 4.90 Å². The van der Waals surface area contributed by atoms with Crippen LogP contribution in [0.5, 0.6) is 0 Å². The number of guanidine groups is 1. The van der Waals surface area contributed by atoms with Gasteiger partial charge in [0.05, 0.1) is 16.7 Å². The van der Waals surface area contributed by atoms with Crippen molar-refractivity contribution >= 4 is 23.2 Å². The highest BCUT2D eigenvalue weighted by Crippen LogP contribution is 2.14. The smallest absolute Gasteiger partial charge is 0.239 e. The number of nitrogens with one attached hydrogen (secondary N) is 1. The number of hydrogen-bond donors (Lipinski definition) is 1. The Morgan fingerprint density at radius 2 is 1.90 bits per heavy atom. The van der Waals surface area contributed by atoms with Crippen molar-refractivity contribution < 1.29 is 4.79 Å². The molecule has 8 heteroatoms. The first kappa shape index (κ1) is 22.0. The number of hydrogen-bond acceptors (Lipinski definition) is 5. The van der Waals surface area contributed by atoms with Gasteiger partial charge < -0.3 is 15.1 Å². The van der Waals surface area contributed by atoms with Crippen LogP contribution in [-0.4, -0.2) is 90.0 Å². The van der Waals surface area contributed by atoms with E-state index in [1.54, 1.807) is 11.3 Å². The molecule has 0 aliphatic carbocycles. The molecule has 2 saturated heterocycles. The molecule has 2 aliphatic heterocycles. The zero-order valence-electron chi connectivity index (χ0n) is 18.2. The Hall–Kier alpha value is -1.67. The summed E-state index contributed by atoms with van der Waals surface area (Å²) in [7, 11) is 0. The molecule has 1 atom stereocenters. The number of piperazine rings is 1. The highest BCUT2D eigenvalue weighted by molar-refractivity contribution is 7.09. The molecule has 1 unspecified atom stereocenters. The third kappa shape index (κ3) is 5.92. The third-order valence-corrected chi connectivity index (χ3v) is 6.84. The Morgan fingerprint density at radius 1 is 1.17 bits per heavy atom. The van der Waals surface area contributed by atoms with Gasteiger partial charge in [0.15, 0.2) is 5.96 Å². The molecule has 0 spiro atoms. The molecule has 1 aromatic rings. The van der Waals surface area contributed by atoms with Crippen LogP contribution in [0.3, 0.4) is 0 Å². The molecular weight excluding hydrogens is 384 g/mol. The average Bonchev–Trinajstić information content (AvgIpc) is 3.44. The second kappa shape index (κ2) is 10.9. The van der Waals surface area contributed by atoms with Gasteiger partial charge in [0.25, 0.3) is 0 Å². The van der Waals surface area contributed by atoms with Crippen LogP contribution in [0.4, 0.5) is 0 Å². The molecule has 2 fully saturated rings. The van der Waals surface area contributed by atoms with Gasteiger partial charge in [0.1, 0.15) is 0 Å². The second-order valence-electron chi connectivity index (χ2n) is 7.80. The lowest BCUT2D eigenvalue weighted by Crippen LogP contribution is -2.57. The monoisotopic (exact) mass is 420 g/mol. The fourth-order valence-corrected chi connectivity index (χ4v) is 4.79. The summed E-state index contributed by atoms with van der Waals surface area (Å²) in [4.78, 5) is 28.8. The van der Waals surface area contributed by atoms with Crippen LogP contribution in [-0.2, 0) is 17.6 Å². The summed E-state index contributed by atoms with van der Waals surface area (Å²) in [6.07, 6.45) is 4.18. The molecule has 1 amide bonds. The maximum Gasteiger partial charge on any atom is 0.239 e. The van der Waals surface area contributed by atoms with Gasteiger partial charge in [-0.3, -0.25) is 14.7 Å². The number of carbonyl (C=O) groups excluding carboxylic acids is 1. The minimum Gasteiger partial charge on any atom is -0.357 e. The van der Waals surface area contributed by atoms with Crippen molar-refractivity contribution in [3.8, 4) is 0 Å². The quantitative estimate of drug-likeness (QED) is 0.539. The lowest BCUT2D eigenvalue weighted by atomic mass is 10.2. The fourth-order valence-electron chi connectivity index (χ4n) is 4.01. The van der Waals surface area contributed by atoms with Crippen LogP contribution in [0.2, 0.25) is 0 Å². The first-order chi connectivity index (χ1) is 14.1. The number of aliphatic imine (C=N–C) groups is 1. The molecule has 2 aliphatic rings. The zero-order valence-corrected chi connectivity index (χ0v) is 19.0. The highest BCUT2D eigenvalue weighted by Gasteiger charge is 2.30. The minimum atomic E-state index is -0.0211. The van der Waals surface area contributed by atoms with Gasteiger partial charge >= 0.3 is 0 Å². The summed E-state index contributed by atoms with van der Waals surface area (Å²) in [6, 6.07) is -0.0211. The van der Waals surface area contributed by atoms with Crippen LogP contribution in [0.15, 0.2) is 10.4 Å². The molecule has 0 aromatic carbocycles. The zero-order chi connectivity index (χ0) is 20.6. The number of amides is 1. The van der Waals surface area contributed by atoms with Crippen molar-refractivity contribution in [3.63, 3.8) is 0 Å². The Labute approximate surface area is 179 Å². The topological polar surface area (TPSA) is 64.1 Å². The first-order valence-corrected chi connectivity index (χ1v) is 12.0. The summed E-state index contributed by atoms with van der Waals surface area (Å²) in [6.45, 7) is 13.4. The van der Waals surface area contributed by atoms with Gasteiger partial charge in [-0.2, -0.15) is 0 Å². The Kier molecular flexibility index (Phi) is 8.29. The van der Waals surface area contributed by atoms with E-state index < -0.39 is 0 Å². The summed E-state index contributed by atoms with van der Waals surface area (Å²) in [5.74, 6) is 1.28. The second-order valence-corrected chi connectivity index (χ2v) is 8.75. The Morgan fingerprint density at radius 3 is 2.52 bits per heavy atom. The predicted octanol–water partition coefficient (Wildman–Crippen LogP) is 1.84. The summed E-state index contributed by atoms with van der Waals surface area (Å²) < 4.78 is 0. The average molecular weight is 421 g/mol. The maximum atomic E-state index is 12.7. The van der Waals surface area contributed by atoms with Crippen LogP contribution < -0.4 is 5.32 Å². The predicted molar refractivity (Wildman–Crippen MR) is 120 cm³/mol. The van der Waals surface area contributed by atoms with Gasteiger partial charge in [-0.05, 0) is 33.1 Å². The van der Waals surface area contributed by atoms with Crippen LogP contribution in [0.25, 0.3) is 0 Å². The normalized spacial score (nSPS) is 19.6. The maximum absolute atomic E-state index is 12.7. The number of carbonyl (C=O) groups is 1. The summed E-state index contributed by atoms with van der Waals surface area (Å²) >= 11 is 1.74. The number of rotatable bonds is 7. The molecule has 3 rings (SSSR count). The summed E-state index contributed by atoms with van der Waals surface area (Å²) in [5.41, 5.74) is 1.14. The van der Waals surface area contributed by atoms with E-state index in [1.165, 1.54) is 5.01 Å². The van der Waals surface area contributed by atoms with E-state index in [4.69, 9.17) is 4.99 Å². The van der Waals surface area contributed by atoms with Crippen molar-refractivity contribution in [2.24, 2.45) is 4.99 Å². The van der Waals surface area contributed by atoms with E-state index >= 15 is 0 Å². The number of aromatic nitrogens is 1. The van der Waals surface area contributed by atoms with Gasteiger partial charge in [-0.15, -0.1) is 11.3 Å². The van der Waals surface area contributed by atoms with Crippen LogP contribution in [0, 0.1) is 0 Å². The lowest BCUT2D eigenvalue weighted by Gasteiger charge is -2.39. The van der Waals surface area contributed by atoms with E-state index in [-0.39, 0.29) is 6.04 Å². The molecule has 0 bridgehead atoms. The summed E-state index contributed by atoms with van der Waals surface area (Å²) in [5, 5.41) is 6.78. The highest BCUT2D eigenvalue weighted by atomic mass is 32.1. The van der Waals surface area contributed by atoms with Crippen molar-refractivity contribution in [3.05, 3.63) is 16.1 Å². The van der Waals surface area contributed by atoms with Gasteiger partial charge in [0.2, 0.25) is 5.91 Å². The van der Waals surface area contributed by atoms with Crippen molar-refractivity contribution in [2.75, 3.05) is 52.4 Å². The van der Waals surface area contributed by atoms with E-state index in [2.05, 4.69) is 46.3 Å². The number of nitrogens with zero attached hydrogens (tertiary/aromatic N) is 5. The molecule has 162 valence electrons. The van der Waals surface area contributed by atoms with E-state index in [0.29, 0.717) is 5.91 Å². The van der Waals surface area contributed by atoms with Crippen LogP contribution >= 0.6 is 11.3 Å². The molecule has 0 saturated carbocycles. The Bertz CT molecular complexity index is 676. The standard InChI is InChI=1S/C21H36N6OS/c1-4-19-24-18(16-29-19)8-9-23-21(22-5-2)27-14-12-25(13-15-27)17(3)20(28)26-10-6-7-11-26/h16-17H,4-15H2,1-3H3,(H,22,23). The van der Waals surface area contributed by atoms with Gasteiger partial charge in [0, 0.05) is 64.2 Å². The third-order valence-electron chi connectivity index (χ3n) is 5.80. The lowest BCUT2D eigenvalue weighted by molar-refractivity contribution is -0.135. The fraction of sp³-hybridized carbons (Fsp3) is 0.762. The van der Waals surface area contributed by atoms with E-state index in [0.717, 1.165) is 89.7 Å². The first-order valence-electron chi connectivity index (χ1n) is 11.1. The minimum absolute atomic E-state index is 0.0211. The molecule has 1 aromatic heterocycles. The number of aryl methyl sites for hydroxylation is 1. The molecule has 29 heavy (non-hydrogen) atoms. The number of thiazole rings is 1. The largest absolute Gasteiger partial charge is 0.357 e. The van der Waals surface area contributed by atoms with Crippen LogP contribution in [0.1, 0.15) is 44.3 Å². The molecule has 0 radical (unpaired) electrons. The SMILES string of the molecule is CCNC(=NCCc1csc(CC)n1)N1CCN(C(C)C(=O)N2CCCC2)CC1. The van der Waals surface area contributed by atoms with Crippen molar-refractivity contribution in [2.45, 2.75) is 52.5 Å². The molecule has 1 N–H and O–H groups in total. The van der Waals surface area contributed by atoms with Crippen molar-refractivity contribution in [1.82, 2.24) is 25.0 Å². The Balaban J connectivity index is 1.49. The molecular formula is C21H36N6OS. The van der Waals surface area contributed by atoms with Crippen molar-refractivity contribution in [1.29, 1.82) is 0 Å². The molecule has 3 heterocycles. The van der Waals surface area contributed by atoms with Gasteiger partial charge in [-0.1, -0.05) is 6.92 Å². The number of likely N-dealkylation sites (tertiary alicyclic amines) is 1. The van der Waals surface area contributed by atoms with E-state index in [9.17, 15) is 4.79 Å². The van der Waals surface area contributed by atoms with Gasteiger partial charge in [-0.25, -0.2) is 4.98 Å². The molecule has 7 nitrogen and oxygen atoms in total.